The van der Waals surface area contributed by atoms with Gasteiger partial charge in [-0.1, -0.05) is 42.5 Å². The van der Waals surface area contributed by atoms with Gasteiger partial charge in [-0.15, -0.1) is 0 Å². The summed E-state index contributed by atoms with van der Waals surface area (Å²) in [6, 6.07) is 11.9. The molecular formula is C22H20N2O2. The number of pyridine rings is 2. The highest BCUT2D eigenvalue weighted by Crippen LogP contribution is 2.31. The molecule has 0 N–H and O–H groups in total. The maximum atomic E-state index is 12.4. The molecule has 0 amide bonds. The molecule has 4 rings (SSSR count). The fourth-order valence-corrected chi connectivity index (χ4v) is 3.60. The van der Waals surface area contributed by atoms with Crippen molar-refractivity contribution in [2.45, 2.75) is 12.8 Å². The predicted octanol–water partition coefficient (Wildman–Crippen LogP) is 2.91. The second-order valence-electron chi connectivity index (χ2n) is 6.78. The molecule has 4 heteroatoms. The zero-order valence-electron chi connectivity index (χ0n) is 14.9. The summed E-state index contributed by atoms with van der Waals surface area (Å²) >= 11 is 0. The second-order valence-corrected chi connectivity index (χ2v) is 6.78. The van der Waals surface area contributed by atoms with E-state index in [-0.39, 0.29) is 11.1 Å². The maximum absolute atomic E-state index is 12.4. The number of benzene rings is 1. The Hall–Kier alpha value is -3.14. The van der Waals surface area contributed by atoms with Gasteiger partial charge in [0.15, 0.2) is 0 Å². The van der Waals surface area contributed by atoms with E-state index >= 15 is 0 Å². The standard InChI is InChI=1S/C22H20N2O2/c1-23-13-16(11-15-7-4-3-5-8-15)19(12-21(23)25)20-14-24(2)22(26)18-10-6-9-17(18)20/h3-9,12-14H,10-11H2,1-2H3. The van der Waals surface area contributed by atoms with Crippen molar-refractivity contribution in [1.82, 2.24) is 9.13 Å². The van der Waals surface area contributed by atoms with E-state index in [0.29, 0.717) is 6.42 Å². The van der Waals surface area contributed by atoms with E-state index in [4.69, 9.17) is 0 Å². The fraction of sp³-hybridized carbons (Fsp3) is 0.182. The molecule has 0 spiro atoms. The number of allylic oxidation sites excluding steroid dienone is 1. The summed E-state index contributed by atoms with van der Waals surface area (Å²) in [5.41, 5.74) is 5.81. The molecule has 0 unspecified atom stereocenters. The van der Waals surface area contributed by atoms with Crippen LogP contribution in [0, 0.1) is 0 Å². The van der Waals surface area contributed by atoms with Crippen molar-refractivity contribution < 1.29 is 0 Å². The average Bonchev–Trinajstić information content (AvgIpc) is 3.12. The van der Waals surface area contributed by atoms with Crippen LogP contribution in [0.25, 0.3) is 17.2 Å². The second kappa shape index (κ2) is 6.30. The van der Waals surface area contributed by atoms with Gasteiger partial charge in [-0.2, -0.15) is 0 Å². The van der Waals surface area contributed by atoms with Gasteiger partial charge in [0.25, 0.3) is 11.1 Å². The summed E-state index contributed by atoms with van der Waals surface area (Å²) in [7, 11) is 3.54. The Kier molecular flexibility index (Phi) is 3.96. The van der Waals surface area contributed by atoms with Crippen molar-refractivity contribution >= 4 is 6.08 Å². The van der Waals surface area contributed by atoms with Gasteiger partial charge >= 0.3 is 0 Å². The minimum Gasteiger partial charge on any atom is -0.318 e. The summed E-state index contributed by atoms with van der Waals surface area (Å²) < 4.78 is 3.23. The van der Waals surface area contributed by atoms with Crippen LogP contribution >= 0.6 is 0 Å². The van der Waals surface area contributed by atoms with Crippen LogP contribution in [0.4, 0.5) is 0 Å². The average molecular weight is 344 g/mol. The molecule has 1 aliphatic carbocycles. The van der Waals surface area contributed by atoms with Crippen molar-refractivity contribution in [2.24, 2.45) is 14.1 Å². The Morgan fingerprint density at radius 2 is 1.73 bits per heavy atom. The highest BCUT2D eigenvalue weighted by atomic mass is 16.1. The molecule has 2 aromatic heterocycles. The van der Waals surface area contributed by atoms with Gasteiger partial charge in [0, 0.05) is 43.7 Å². The van der Waals surface area contributed by atoms with Gasteiger partial charge in [0.1, 0.15) is 0 Å². The normalized spacial score (nSPS) is 12.4. The van der Waals surface area contributed by atoms with E-state index in [0.717, 1.165) is 34.2 Å². The van der Waals surface area contributed by atoms with Crippen LogP contribution < -0.4 is 11.1 Å². The number of hydrogen-bond acceptors (Lipinski definition) is 2. The van der Waals surface area contributed by atoms with Gasteiger partial charge in [-0.3, -0.25) is 9.59 Å². The number of fused-ring (bicyclic) bond motifs is 1. The Balaban J connectivity index is 1.95. The highest BCUT2D eigenvalue weighted by molar-refractivity contribution is 5.80. The maximum Gasteiger partial charge on any atom is 0.254 e. The zero-order valence-corrected chi connectivity index (χ0v) is 14.9. The van der Waals surface area contributed by atoms with Crippen molar-refractivity contribution in [2.75, 3.05) is 0 Å². The molecule has 2 heterocycles. The lowest BCUT2D eigenvalue weighted by Gasteiger charge is -2.16. The minimum atomic E-state index is -0.0543. The Morgan fingerprint density at radius 1 is 0.962 bits per heavy atom. The van der Waals surface area contributed by atoms with Gasteiger partial charge in [-0.05, 0) is 35.1 Å². The monoisotopic (exact) mass is 344 g/mol. The number of nitrogens with zero attached hydrogens (tertiary/aromatic N) is 2. The Labute approximate surface area is 151 Å². The van der Waals surface area contributed by atoms with Crippen LogP contribution in [0.3, 0.4) is 0 Å². The van der Waals surface area contributed by atoms with Gasteiger partial charge < -0.3 is 9.13 Å². The largest absolute Gasteiger partial charge is 0.318 e. The van der Waals surface area contributed by atoms with E-state index in [9.17, 15) is 9.59 Å². The molecule has 1 aromatic carbocycles. The first kappa shape index (κ1) is 16.3. The third-order valence-electron chi connectivity index (χ3n) is 4.96. The molecule has 0 bridgehead atoms. The number of rotatable bonds is 3. The highest BCUT2D eigenvalue weighted by Gasteiger charge is 2.19. The molecule has 130 valence electrons. The third-order valence-corrected chi connectivity index (χ3v) is 4.96. The van der Waals surface area contributed by atoms with Gasteiger partial charge in [0.2, 0.25) is 0 Å². The molecule has 3 aromatic rings. The molecular weight excluding hydrogens is 324 g/mol. The number of aromatic nitrogens is 2. The topological polar surface area (TPSA) is 44.0 Å². The fourth-order valence-electron chi connectivity index (χ4n) is 3.60. The first-order valence-corrected chi connectivity index (χ1v) is 8.67. The summed E-state index contributed by atoms with van der Waals surface area (Å²) in [6.07, 6.45) is 9.13. The van der Waals surface area contributed by atoms with Gasteiger partial charge in [-0.25, -0.2) is 0 Å². The van der Waals surface area contributed by atoms with E-state index in [1.807, 2.05) is 42.7 Å². The van der Waals surface area contributed by atoms with Crippen LogP contribution in [0.1, 0.15) is 22.3 Å². The summed E-state index contributed by atoms with van der Waals surface area (Å²) in [6.45, 7) is 0. The molecule has 0 aliphatic heterocycles. The third kappa shape index (κ3) is 2.73. The van der Waals surface area contributed by atoms with Crippen LogP contribution in [0.5, 0.6) is 0 Å². The Bertz CT molecular complexity index is 1140. The molecule has 0 saturated carbocycles. The van der Waals surface area contributed by atoms with Crippen molar-refractivity contribution in [3.63, 3.8) is 0 Å². The lowest BCUT2D eigenvalue weighted by atomic mass is 9.93. The first-order chi connectivity index (χ1) is 12.5. The summed E-state index contributed by atoms with van der Waals surface area (Å²) in [4.78, 5) is 24.7. The molecule has 0 saturated heterocycles. The van der Waals surface area contributed by atoms with E-state index in [1.54, 1.807) is 29.3 Å². The zero-order chi connectivity index (χ0) is 18.3. The number of hydrogen-bond donors (Lipinski definition) is 0. The molecule has 0 radical (unpaired) electrons. The Morgan fingerprint density at radius 3 is 2.50 bits per heavy atom. The lowest BCUT2D eigenvalue weighted by molar-refractivity contribution is 0.837. The molecule has 0 atom stereocenters. The molecule has 1 aliphatic rings. The number of aryl methyl sites for hydroxylation is 2. The predicted molar refractivity (Wildman–Crippen MR) is 104 cm³/mol. The first-order valence-electron chi connectivity index (χ1n) is 8.67. The minimum absolute atomic E-state index is 0.0298. The smallest absolute Gasteiger partial charge is 0.254 e. The van der Waals surface area contributed by atoms with Gasteiger partial charge in [0.05, 0.1) is 0 Å². The van der Waals surface area contributed by atoms with Crippen LogP contribution in [-0.4, -0.2) is 9.13 Å². The van der Waals surface area contributed by atoms with E-state index in [2.05, 4.69) is 12.1 Å². The lowest BCUT2D eigenvalue weighted by Crippen LogP contribution is -2.22. The molecule has 0 fully saturated rings. The van der Waals surface area contributed by atoms with Crippen molar-refractivity contribution in [1.29, 1.82) is 0 Å². The molecule has 26 heavy (non-hydrogen) atoms. The van der Waals surface area contributed by atoms with E-state index < -0.39 is 0 Å². The molecule has 4 nitrogen and oxygen atoms in total. The van der Waals surface area contributed by atoms with Crippen LogP contribution in [-0.2, 0) is 26.9 Å². The summed E-state index contributed by atoms with van der Waals surface area (Å²) in [5.74, 6) is 0. The van der Waals surface area contributed by atoms with E-state index in [1.165, 1.54) is 5.56 Å². The quantitative estimate of drug-likeness (QED) is 0.733. The SMILES string of the molecule is Cn1cc(Cc2ccccc2)c(-c2cn(C)c(=O)c3c2C=CC3)cc1=O. The van der Waals surface area contributed by atoms with Crippen molar-refractivity contribution in [3.8, 4) is 11.1 Å². The summed E-state index contributed by atoms with van der Waals surface area (Å²) in [5, 5.41) is 0. The van der Waals surface area contributed by atoms with Crippen LogP contribution in [0.15, 0.2) is 64.5 Å². The van der Waals surface area contributed by atoms with Crippen molar-refractivity contribution in [3.05, 3.63) is 97.8 Å². The van der Waals surface area contributed by atoms with Crippen LogP contribution in [0.2, 0.25) is 0 Å².